The van der Waals surface area contributed by atoms with Gasteiger partial charge in [0.1, 0.15) is 5.75 Å². The maximum absolute atomic E-state index is 12.9. The van der Waals surface area contributed by atoms with E-state index in [0.717, 1.165) is 42.8 Å². The Morgan fingerprint density at radius 1 is 1.17 bits per heavy atom. The number of morpholine rings is 1. The average Bonchev–Trinajstić information content (AvgIpc) is 2.88. The first-order valence-corrected chi connectivity index (χ1v) is 12.3. The Bertz CT molecular complexity index is 1030. The van der Waals surface area contributed by atoms with Gasteiger partial charge in [-0.3, -0.25) is 14.6 Å². The van der Waals surface area contributed by atoms with Crippen LogP contribution in [-0.2, 0) is 20.7 Å². The number of hydrogen-bond acceptors (Lipinski definition) is 7. The van der Waals surface area contributed by atoms with Crippen molar-refractivity contribution >= 4 is 23.8 Å². The van der Waals surface area contributed by atoms with Crippen LogP contribution in [0.3, 0.4) is 0 Å². The minimum Gasteiger partial charge on any atom is -0.493 e. The molecule has 1 amide bonds. The zero-order chi connectivity index (χ0) is 24.5. The van der Waals surface area contributed by atoms with Crippen LogP contribution in [0.2, 0.25) is 0 Å². The number of esters is 1. The summed E-state index contributed by atoms with van der Waals surface area (Å²) in [5.41, 5.74) is 3.15. The average molecular weight is 480 g/mol. The Balaban J connectivity index is 1.31. The lowest BCUT2D eigenvalue weighted by Gasteiger charge is -2.25. The number of carbonyl (C=O) groups excluding carboxylic acids is 2. The van der Waals surface area contributed by atoms with Gasteiger partial charge in [-0.2, -0.15) is 5.10 Å². The summed E-state index contributed by atoms with van der Waals surface area (Å²) in [5, 5.41) is 9.40. The number of anilines is 1. The Labute approximate surface area is 206 Å². The highest BCUT2D eigenvalue weighted by atomic mass is 16.5. The molecule has 0 bridgehead atoms. The van der Waals surface area contributed by atoms with Crippen molar-refractivity contribution in [3.8, 4) is 5.75 Å². The Kier molecular flexibility index (Phi) is 8.73. The third kappa shape index (κ3) is 7.29. The van der Waals surface area contributed by atoms with E-state index in [4.69, 9.17) is 14.2 Å². The van der Waals surface area contributed by atoms with Crippen molar-refractivity contribution in [3.63, 3.8) is 0 Å². The van der Waals surface area contributed by atoms with Gasteiger partial charge in [0.2, 0.25) is 0 Å². The minimum atomic E-state index is -0.192. The van der Waals surface area contributed by atoms with Crippen LogP contribution < -0.4 is 10.1 Å². The summed E-state index contributed by atoms with van der Waals surface area (Å²) in [7, 11) is 0. The molecule has 1 atom stereocenters. The molecule has 2 aliphatic heterocycles. The van der Waals surface area contributed by atoms with E-state index in [2.05, 4.69) is 17.3 Å². The van der Waals surface area contributed by atoms with Gasteiger partial charge in [0, 0.05) is 17.2 Å². The number of unbranched alkanes of at least 4 members (excludes halogenated alkanes) is 1. The molecule has 0 radical (unpaired) electrons. The van der Waals surface area contributed by atoms with Crippen LogP contribution in [0.1, 0.15) is 47.7 Å². The van der Waals surface area contributed by atoms with Gasteiger partial charge in [0.25, 0.3) is 5.91 Å². The Morgan fingerprint density at radius 3 is 2.74 bits per heavy atom. The number of benzene rings is 2. The first-order valence-electron chi connectivity index (χ1n) is 12.3. The van der Waals surface area contributed by atoms with Crippen LogP contribution in [0.5, 0.6) is 5.75 Å². The molecular weight excluding hydrogens is 446 g/mol. The molecule has 1 fully saturated rings. The number of ether oxygens (including phenoxy) is 3. The van der Waals surface area contributed by atoms with Crippen molar-refractivity contribution in [2.75, 3.05) is 44.8 Å². The minimum absolute atomic E-state index is 0.0432. The monoisotopic (exact) mass is 479 g/mol. The Hall–Kier alpha value is -3.39. The SMILES string of the molecule is CCCCOC(=O)CC1COc2ccc(C(=O)Nc3ccc(C=NN4CCOCC4)cc3)cc2C1. The lowest BCUT2D eigenvalue weighted by molar-refractivity contribution is -0.145. The van der Waals surface area contributed by atoms with E-state index in [1.54, 1.807) is 6.07 Å². The first kappa shape index (κ1) is 24.7. The molecule has 1 saturated heterocycles. The highest BCUT2D eigenvalue weighted by Crippen LogP contribution is 2.30. The third-order valence-electron chi connectivity index (χ3n) is 6.05. The number of carbonyl (C=O) groups is 2. The summed E-state index contributed by atoms with van der Waals surface area (Å²) >= 11 is 0. The second kappa shape index (κ2) is 12.4. The van der Waals surface area contributed by atoms with E-state index < -0.39 is 0 Å². The van der Waals surface area contributed by atoms with Crippen molar-refractivity contribution in [2.24, 2.45) is 11.0 Å². The molecule has 1 unspecified atom stereocenters. The maximum Gasteiger partial charge on any atom is 0.306 e. The van der Waals surface area contributed by atoms with E-state index in [1.807, 2.05) is 47.6 Å². The van der Waals surface area contributed by atoms with Crippen LogP contribution in [0.25, 0.3) is 0 Å². The molecule has 0 aliphatic carbocycles. The summed E-state index contributed by atoms with van der Waals surface area (Å²) in [6, 6.07) is 13.0. The number of amides is 1. The van der Waals surface area contributed by atoms with Crippen molar-refractivity contribution in [2.45, 2.75) is 32.6 Å². The summed E-state index contributed by atoms with van der Waals surface area (Å²) in [6.07, 6.45) is 4.68. The highest BCUT2D eigenvalue weighted by molar-refractivity contribution is 6.04. The number of hydrogen-bond donors (Lipinski definition) is 1. The fourth-order valence-electron chi connectivity index (χ4n) is 4.03. The standard InChI is InChI=1S/C27H33N3O5/c1-2-3-12-34-26(31)16-21-15-23-17-22(6-9-25(23)35-19-21)27(32)29-24-7-4-20(5-8-24)18-28-30-10-13-33-14-11-30/h4-9,17-18,21H,2-3,10-16,19H2,1H3,(H,29,32). The molecule has 2 aromatic rings. The lowest BCUT2D eigenvalue weighted by Crippen LogP contribution is -2.32. The molecule has 1 N–H and O–H groups in total. The zero-order valence-electron chi connectivity index (χ0n) is 20.2. The van der Waals surface area contributed by atoms with Gasteiger partial charge in [0.15, 0.2) is 0 Å². The smallest absolute Gasteiger partial charge is 0.306 e. The number of rotatable bonds is 9. The second-order valence-corrected chi connectivity index (χ2v) is 8.87. The molecular formula is C27H33N3O5. The van der Waals surface area contributed by atoms with Crippen molar-refractivity contribution in [1.29, 1.82) is 0 Å². The molecule has 35 heavy (non-hydrogen) atoms. The molecule has 4 rings (SSSR count). The fourth-order valence-corrected chi connectivity index (χ4v) is 4.03. The van der Waals surface area contributed by atoms with Crippen molar-refractivity contribution in [3.05, 3.63) is 59.2 Å². The van der Waals surface area contributed by atoms with E-state index in [9.17, 15) is 9.59 Å². The number of nitrogens with zero attached hydrogens (tertiary/aromatic N) is 2. The number of hydrazone groups is 1. The van der Waals surface area contributed by atoms with Crippen LogP contribution in [0.15, 0.2) is 47.6 Å². The van der Waals surface area contributed by atoms with Gasteiger partial charge in [0.05, 0.1) is 52.2 Å². The molecule has 0 saturated carbocycles. The second-order valence-electron chi connectivity index (χ2n) is 8.87. The summed E-state index contributed by atoms with van der Waals surface area (Å²) < 4.78 is 16.4. The van der Waals surface area contributed by atoms with Crippen LogP contribution in [0, 0.1) is 5.92 Å². The number of fused-ring (bicyclic) bond motifs is 1. The first-order chi connectivity index (χ1) is 17.1. The van der Waals surface area contributed by atoms with E-state index in [0.29, 0.717) is 50.5 Å². The predicted molar refractivity (Wildman–Crippen MR) is 134 cm³/mol. The number of nitrogens with one attached hydrogen (secondary N) is 1. The lowest BCUT2D eigenvalue weighted by atomic mass is 9.93. The van der Waals surface area contributed by atoms with Gasteiger partial charge in [-0.1, -0.05) is 25.5 Å². The van der Waals surface area contributed by atoms with E-state index in [1.165, 1.54) is 0 Å². The van der Waals surface area contributed by atoms with Crippen LogP contribution in [0.4, 0.5) is 5.69 Å². The largest absolute Gasteiger partial charge is 0.493 e. The maximum atomic E-state index is 12.9. The summed E-state index contributed by atoms with van der Waals surface area (Å²) in [5.74, 6) is 0.425. The van der Waals surface area contributed by atoms with Crippen molar-refractivity contribution in [1.82, 2.24) is 5.01 Å². The van der Waals surface area contributed by atoms with Gasteiger partial charge in [-0.15, -0.1) is 0 Å². The summed E-state index contributed by atoms with van der Waals surface area (Å²) in [6.45, 7) is 5.98. The molecule has 8 nitrogen and oxygen atoms in total. The van der Waals surface area contributed by atoms with Gasteiger partial charge in [-0.25, -0.2) is 0 Å². The fraction of sp³-hybridized carbons (Fsp3) is 0.444. The van der Waals surface area contributed by atoms with Gasteiger partial charge in [-0.05, 0) is 54.3 Å². The molecule has 2 aliphatic rings. The van der Waals surface area contributed by atoms with Crippen molar-refractivity contribution < 1.29 is 23.8 Å². The van der Waals surface area contributed by atoms with Crippen LogP contribution in [-0.4, -0.2) is 62.6 Å². The summed E-state index contributed by atoms with van der Waals surface area (Å²) in [4.78, 5) is 24.9. The predicted octanol–water partition coefficient (Wildman–Crippen LogP) is 3.89. The quantitative estimate of drug-likeness (QED) is 0.333. The normalized spacial score (nSPS) is 17.5. The third-order valence-corrected chi connectivity index (χ3v) is 6.05. The topological polar surface area (TPSA) is 89.5 Å². The molecule has 8 heteroatoms. The highest BCUT2D eigenvalue weighted by Gasteiger charge is 2.24. The van der Waals surface area contributed by atoms with E-state index in [-0.39, 0.29) is 17.8 Å². The van der Waals surface area contributed by atoms with E-state index >= 15 is 0 Å². The van der Waals surface area contributed by atoms with Crippen LogP contribution >= 0.6 is 0 Å². The Morgan fingerprint density at radius 2 is 1.97 bits per heavy atom. The molecule has 2 heterocycles. The molecule has 2 aromatic carbocycles. The van der Waals surface area contributed by atoms with Gasteiger partial charge < -0.3 is 19.5 Å². The molecule has 0 aromatic heterocycles. The molecule has 0 spiro atoms. The zero-order valence-corrected chi connectivity index (χ0v) is 20.2. The van der Waals surface area contributed by atoms with Gasteiger partial charge >= 0.3 is 5.97 Å². The molecule has 186 valence electrons.